The molecule has 15 nitrogen and oxygen atoms in total. The molecule has 0 spiro atoms. The molecule has 36 heavy (non-hydrogen) atoms. The van der Waals surface area contributed by atoms with Gasteiger partial charge >= 0.3 is 17.1 Å². The van der Waals surface area contributed by atoms with Crippen molar-refractivity contribution in [3.8, 4) is 0 Å². The Morgan fingerprint density at radius 3 is 2.56 bits per heavy atom. The number of nitro groups is 2. The van der Waals surface area contributed by atoms with Crippen LogP contribution in [0.25, 0.3) is 0 Å². The maximum absolute atomic E-state index is 12.9. The number of aliphatic hydroxyl groups is 2. The average Bonchev–Trinajstić information content (AvgIpc) is 3.12. The van der Waals surface area contributed by atoms with E-state index in [1.165, 1.54) is 0 Å². The van der Waals surface area contributed by atoms with E-state index in [4.69, 9.17) is 9.57 Å². The number of rotatable bonds is 12. The first kappa shape index (κ1) is 27.1. The SMILES string of the molecule is CCCCCCNO[C@@H]1[C@H](O)[C@@H](CO)O[C@@]1(c1cccc([N+](=O)[O-])c1[N+](=O)[O-])n1ccc(=O)[nH]c1=O. The number of nitrogens with zero attached hydrogens (tertiary/aromatic N) is 3. The summed E-state index contributed by atoms with van der Waals surface area (Å²) in [7, 11) is 0. The molecule has 4 atom stereocenters. The molecule has 4 N–H and O–H groups in total. The number of hydrogen-bond donors (Lipinski definition) is 4. The zero-order valence-electron chi connectivity index (χ0n) is 19.4. The summed E-state index contributed by atoms with van der Waals surface area (Å²) in [4.78, 5) is 54.0. The highest BCUT2D eigenvalue weighted by molar-refractivity contribution is 5.60. The van der Waals surface area contributed by atoms with Crippen LogP contribution in [0.5, 0.6) is 0 Å². The van der Waals surface area contributed by atoms with Crippen LogP contribution in [0.2, 0.25) is 0 Å². The number of unbranched alkanes of at least 4 members (excludes halogenated alkanes) is 3. The average molecular weight is 509 g/mol. The number of aromatic amines is 1. The minimum atomic E-state index is -2.39. The van der Waals surface area contributed by atoms with Gasteiger partial charge in [-0.05, 0) is 12.5 Å². The van der Waals surface area contributed by atoms with Crippen LogP contribution in [-0.4, -0.2) is 61.1 Å². The first-order valence-electron chi connectivity index (χ1n) is 11.3. The molecule has 1 aromatic heterocycles. The normalized spacial score (nSPS) is 23.6. The van der Waals surface area contributed by atoms with Gasteiger partial charge in [-0.15, -0.1) is 0 Å². The number of nitrogens with one attached hydrogen (secondary N) is 2. The molecular weight excluding hydrogens is 482 g/mol. The largest absolute Gasteiger partial charge is 0.394 e. The molecule has 0 bridgehead atoms. The summed E-state index contributed by atoms with van der Waals surface area (Å²) in [6.45, 7) is 1.56. The zero-order valence-corrected chi connectivity index (χ0v) is 19.4. The van der Waals surface area contributed by atoms with Gasteiger partial charge in [-0.25, -0.2) is 10.3 Å². The summed E-state index contributed by atoms with van der Waals surface area (Å²) in [6.07, 6.45) is -0.188. The summed E-state index contributed by atoms with van der Waals surface area (Å²) in [5, 5.41) is 44.5. The van der Waals surface area contributed by atoms with Crippen LogP contribution < -0.4 is 16.7 Å². The van der Waals surface area contributed by atoms with E-state index < -0.39 is 68.7 Å². The molecule has 2 aromatic rings. The molecule has 196 valence electrons. The molecule has 1 aliphatic rings. The highest BCUT2D eigenvalue weighted by Gasteiger charge is 2.62. The van der Waals surface area contributed by atoms with Gasteiger partial charge in [0.15, 0.2) is 6.10 Å². The molecule has 15 heteroatoms. The Bertz CT molecular complexity index is 1210. The van der Waals surface area contributed by atoms with Crippen molar-refractivity contribution in [2.75, 3.05) is 13.2 Å². The lowest BCUT2D eigenvalue weighted by molar-refractivity contribution is -0.424. The lowest BCUT2D eigenvalue weighted by Gasteiger charge is -2.35. The van der Waals surface area contributed by atoms with Gasteiger partial charge in [0.05, 0.1) is 22.0 Å². The predicted octanol–water partition coefficient (Wildman–Crippen LogP) is 0.276. The van der Waals surface area contributed by atoms with Crippen LogP contribution in [0.4, 0.5) is 11.4 Å². The molecule has 1 aliphatic heterocycles. The van der Waals surface area contributed by atoms with E-state index >= 15 is 0 Å². The Morgan fingerprint density at radius 1 is 1.19 bits per heavy atom. The predicted molar refractivity (Wildman–Crippen MR) is 123 cm³/mol. The second kappa shape index (κ2) is 11.5. The van der Waals surface area contributed by atoms with Crippen molar-refractivity contribution in [3.63, 3.8) is 0 Å². The Balaban J connectivity index is 2.25. The quantitative estimate of drug-likeness (QED) is 0.173. The number of H-pyrrole nitrogens is 1. The summed E-state index contributed by atoms with van der Waals surface area (Å²) >= 11 is 0. The van der Waals surface area contributed by atoms with Gasteiger partial charge in [0.1, 0.15) is 12.2 Å². The van der Waals surface area contributed by atoms with Gasteiger partial charge in [-0.3, -0.25) is 39.4 Å². The molecule has 0 unspecified atom stereocenters. The zero-order chi connectivity index (χ0) is 26.5. The maximum Gasteiger partial charge on any atom is 0.354 e. The highest BCUT2D eigenvalue weighted by atomic mass is 16.7. The minimum Gasteiger partial charge on any atom is -0.394 e. The molecule has 0 aliphatic carbocycles. The third-order valence-corrected chi connectivity index (χ3v) is 5.89. The van der Waals surface area contributed by atoms with Gasteiger partial charge < -0.3 is 14.9 Å². The lowest BCUT2D eigenvalue weighted by atomic mass is 9.92. The van der Waals surface area contributed by atoms with E-state index in [0.29, 0.717) is 13.0 Å². The summed E-state index contributed by atoms with van der Waals surface area (Å²) in [5.74, 6) is 0. The van der Waals surface area contributed by atoms with Crippen molar-refractivity contribution < 1.29 is 29.6 Å². The summed E-state index contributed by atoms with van der Waals surface area (Å²) in [5.41, 5.74) is -4.02. The highest BCUT2D eigenvalue weighted by Crippen LogP contribution is 2.47. The van der Waals surface area contributed by atoms with Crippen LogP contribution in [0, 0.1) is 20.2 Å². The van der Waals surface area contributed by atoms with Crippen molar-refractivity contribution in [2.24, 2.45) is 0 Å². The molecule has 2 heterocycles. The Hall–Kier alpha value is -3.50. The molecular formula is C21H27N5O10. The first-order chi connectivity index (χ1) is 17.2. The smallest absolute Gasteiger partial charge is 0.354 e. The number of aromatic nitrogens is 2. The first-order valence-corrected chi connectivity index (χ1v) is 11.3. The number of para-hydroxylation sites is 1. The minimum absolute atomic E-state index is 0.306. The molecule has 3 rings (SSSR count). The van der Waals surface area contributed by atoms with Crippen molar-refractivity contribution in [1.29, 1.82) is 0 Å². The second-order valence-corrected chi connectivity index (χ2v) is 8.19. The molecule has 1 fully saturated rings. The number of ether oxygens (including phenoxy) is 1. The van der Waals surface area contributed by atoms with E-state index in [-0.39, 0.29) is 0 Å². The van der Waals surface area contributed by atoms with Gasteiger partial charge in [0.2, 0.25) is 5.72 Å². The number of nitro benzene ring substituents is 2. The van der Waals surface area contributed by atoms with Crippen LogP contribution in [-0.2, 0) is 15.3 Å². The number of hydrogen-bond acceptors (Lipinski definition) is 11. The summed E-state index contributed by atoms with van der Waals surface area (Å²) < 4.78 is 6.62. The van der Waals surface area contributed by atoms with E-state index in [1.807, 2.05) is 11.9 Å². The van der Waals surface area contributed by atoms with Gasteiger partial charge in [-0.2, -0.15) is 0 Å². The van der Waals surface area contributed by atoms with Crippen molar-refractivity contribution in [2.45, 2.75) is 56.6 Å². The third-order valence-electron chi connectivity index (χ3n) is 5.89. The fourth-order valence-corrected chi connectivity index (χ4v) is 4.24. The van der Waals surface area contributed by atoms with Gasteiger partial charge in [0.25, 0.3) is 5.56 Å². The Labute approximate surface area is 203 Å². The van der Waals surface area contributed by atoms with Gasteiger partial charge in [-0.1, -0.05) is 32.3 Å². The second-order valence-electron chi connectivity index (χ2n) is 8.19. The van der Waals surface area contributed by atoms with Crippen molar-refractivity contribution >= 4 is 11.4 Å². The molecule has 0 radical (unpaired) electrons. The standard InChI is InChI=1S/C21H27N5O10/c1-2-3-4-5-10-22-36-19-18(29)15(12-27)35-21(19,24-11-9-16(28)23-20(24)30)13-7-6-8-14(25(31)32)17(13)26(33)34/h6-9,11,15,18-19,22,27,29H,2-5,10,12H2,1H3,(H,23,28,30)/t15-,18-,19-,21-/m1/s1. The van der Waals surface area contributed by atoms with Crippen LogP contribution in [0.15, 0.2) is 40.1 Å². The number of aliphatic hydroxyl groups excluding tert-OH is 2. The topological polar surface area (TPSA) is 212 Å². The molecule has 1 aromatic carbocycles. The van der Waals surface area contributed by atoms with E-state index in [2.05, 4.69) is 5.48 Å². The van der Waals surface area contributed by atoms with E-state index in [0.717, 1.165) is 54.3 Å². The van der Waals surface area contributed by atoms with Crippen molar-refractivity contribution in [3.05, 3.63) is 77.1 Å². The Kier molecular flexibility index (Phi) is 8.65. The fourth-order valence-electron chi connectivity index (χ4n) is 4.24. The molecule has 1 saturated heterocycles. The molecule has 0 amide bonds. The van der Waals surface area contributed by atoms with Crippen LogP contribution in [0.3, 0.4) is 0 Å². The number of benzene rings is 1. The number of hydroxylamine groups is 1. The van der Waals surface area contributed by atoms with E-state index in [1.54, 1.807) is 0 Å². The van der Waals surface area contributed by atoms with E-state index in [9.17, 15) is 40.0 Å². The Morgan fingerprint density at radius 2 is 1.94 bits per heavy atom. The fraction of sp³-hybridized carbons (Fsp3) is 0.524. The van der Waals surface area contributed by atoms with Gasteiger partial charge in [0, 0.05) is 24.9 Å². The van der Waals surface area contributed by atoms with Crippen LogP contribution >= 0.6 is 0 Å². The lowest BCUT2D eigenvalue weighted by Crippen LogP contribution is -2.54. The molecule has 0 saturated carbocycles. The maximum atomic E-state index is 12.9. The summed E-state index contributed by atoms with van der Waals surface area (Å²) in [6, 6.07) is 4.11. The third kappa shape index (κ3) is 5.05. The van der Waals surface area contributed by atoms with Crippen LogP contribution in [0.1, 0.15) is 38.2 Å². The van der Waals surface area contributed by atoms with Crippen molar-refractivity contribution in [1.82, 2.24) is 15.0 Å². The monoisotopic (exact) mass is 509 g/mol.